The van der Waals surface area contributed by atoms with Gasteiger partial charge in [-0.1, -0.05) is 17.7 Å². The summed E-state index contributed by atoms with van der Waals surface area (Å²) in [5.74, 6) is -1.00. The summed E-state index contributed by atoms with van der Waals surface area (Å²) in [7, 11) is -3.81. The Bertz CT molecular complexity index is 1210. The summed E-state index contributed by atoms with van der Waals surface area (Å²) in [6.45, 7) is 3.89. The van der Waals surface area contributed by atoms with Gasteiger partial charge in [-0.3, -0.25) is 30.1 Å². The fraction of sp³-hybridized carbons (Fsp3) is 0.136. The van der Waals surface area contributed by atoms with E-state index in [1.165, 1.54) is 48.8 Å². The largest absolute Gasteiger partial charge is 0.376 e. The second-order valence-corrected chi connectivity index (χ2v) is 8.72. The highest BCUT2D eigenvalue weighted by atomic mass is 32.2. The highest BCUT2D eigenvalue weighted by molar-refractivity contribution is 7.92. The van der Waals surface area contributed by atoms with E-state index in [2.05, 4.69) is 25.9 Å². The van der Waals surface area contributed by atoms with E-state index in [-0.39, 0.29) is 17.0 Å². The number of hydrogen-bond acceptors (Lipinski definition) is 6. The lowest BCUT2D eigenvalue weighted by Crippen LogP contribution is -2.44. The minimum Gasteiger partial charge on any atom is -0.376 e. The van der Waals surface area contributed by atoms with Crippen LogP contribution in [0.2, 0.25) is 0 Å². The molecule has 0 bridgehead atoms. The Kier molecular flexibility index (Phi) is 7.06. The Hall–Kier alpha value is -3.92. The molecule has 0 saturated carbocycles. The normalized spacial score (nSPS) is 10.8. The first-order valence-corrected chi connectivity index (χ1v) is 11.2. The fourth-order valence-corrected chi connectivity index (χ4v) is 3.91. The zero-order valence-electron chi connectivity index (χ0n) is 17.5. The lowest BCUT2D eigenvalue weighted by Gasteiger charge is -2.12. The molecular weight excluding hydrogens is 430 g/mol. The van der Waals surface area contributed by atoms with E-state index >= 15 is 0 Å². The monoisotopic (exact) mass is 453 g/mol. The summed E-state index contributed by atoms with van der Waals surface area (Å²) in [6, 6.07) is 14.2. The second kappa shape index (κ2) is 9.92. The first-order chi connectivity index (χ1) is 15.2. The molecule has 0 radical (unpaired) electrons. The molecule has 0 spiro atoms. The van der Waals surface area contributed by atoms with Crippen molar-refractivity contribution in [3.8, 4) is 0 Å². The van der Waals surface area contributed by atoms with Gasteiger partial charge in [0.1, 0.15) is 0 Å². The number of hydrogen-bond donors (Lipinski definition) is 4. The third-order valence-corrected chi connectivity index (χ3v) is 5.89. The number of anilines is 2. The summed E-state index contributed by atoms with van der Waals surface area (Å²) in [5.41, 5.74) is 8.15. The molecule has 0 atom stereocenters. The minimum absolute atomic E-state index is 0.00688. The van der Waals surface area contributed by atoms with E-state index in [9.17, 15) is 18.0 Å². The first-order valence-electron chi connectivity index (χ1n) is 9.68. The van der Waals surface area contributed by atoms with Gasteiger partial charge in [-0.25, -0.2) is 8.42 Å². The molecule has 10 heteroatoms. The standard InChI is InChI=1S/C22H23N5O4S/c1-15-3-8-20(16(2)13-15)24-14-21(28)25-26-22(29)17-4-6-19(7-5-17)32(30,31)27-18-9-11-23-12-10-18/h3-13,24H,14H2,1-2H3,(H,23,27)(H,25,28)(H,26,29). The number of nitrogens with zero attached hydrogens (tertiary/aromatic N) is 1. The van der Waals surface area contributed by atoms with Gasteiger partial charge >= 0.3 is 0 Å². The predicted octanol–water partition coefficient (Wildman–Crippen LogP) is 2.37. The summed E-state index contributed by atoms with van der Waals surface area (Å²) < 4.78 is 27.3. The highest BCUT2D eigenvalue weighted by Crippen LogP contribution is 2.16. The number of sulfonamides is 1. The number of amides is 2. The fourth-order valence-electron chi connectivity index (χ4n) is 2.85. The van der Waals surface area contributed by atoms with Crippen LogP contribution in [0.1, 0.15) is 21.5 Å². The third kappa shape index (κ3) is 6.05. The Morgan fingerprint density at radius 2 is 1.59 bits per heavy atom. The number of carbonyl (C=O) groups is 2. The summed E-state index contributed by atoms with van der Waals surface area (Å²) >= 11 is 0. The van der Waals surface area contributed by atoms with Crippen molar-refractivity contribution in [3.05, 3.63) is 83.7 Å². The lowest BCUT2D eigenvalue weighted by molar-refractivity contribution is -0.120. The summed E-state index contributed by atoms with van der Waals surface area (Å²) in [4.78, 5) is 28.1. The number of hydrazine groups is 1. The van der Waals surface area contributed by atoms with Crippen LogP contribution in [0.5, 0.6) is 0 Å². The molecule has 0 saturated heterocycles. The number of benzene rings is 2. The van der Waals surface area contributed by atoms with Crippen LogP contribution in [0.4, 0.5) is 11.4 Å². The van der Waals surface area contributed by atoms with Crippen LogP contribution in [-0.4, -0.2) is 31.8 Å². The minimum atomic E-state index is -3.81. The van der Waals surface area contributed by atoms with E-state index in [0.29, 0.717) is 5.69 Å². The van der Waals surface area contributed by atoms with Crippen LogP contribution in [0, 0.1) is 13.8 Å². The SMILES string of the molecule is Cc1ccc(NCC(=O)NNC(=O)c2ccc(S(=O)(=O)Nc3ccncc3)cc2)c(C)c1. The van der Waals surface area contributed by atoms with Crippen molar-refractivity contribution in [2.45, 2.75) is 18.7 Å². The van der Waals surface area contributed by atoms with E-state index in [1.807, 2.05) is 32.0 Å². The highest BCUT2D eigenvalue weighted by Gasteiger charge is 2.15. The van der Waals surface area contributed by atoms with Crippen molar-refractivity contribution in [1.29, 1.82) is 0 Å². The van der Waals surface area contributed by atoms with E-state index in [4.69, 9.17) is 0 Å². The van der Waals surface area contributed by atoms with E-state index in [1.54, 1.807) is 0 Å². The Labute approximate surface area is 186 Å². The molecule has 1 aromatic heterocycles. The number of pyridine rings is 1. The molecule has 0 aliphatic heterocycles. The summed E-state index contributed by atoms with van der Waals surface area (Å²) in [5, 5.41) is 3.01. The number of aryl methyl sites for hydroxylation is 2. The van der Waals surface area contributed by atoms with Crippen LogP contribution in [0.15, 0.2) is 71.9 Å². The lowest BCUT2D eigenvalue weighted by atomic mass is 10.1. The Balaban J connectivity index is 1.52. The van der Waals surface area contributed by atoms with Gasteiger partial charge in [-0.2, -0.15) is 0 Å². The van der Waals surface area contributed by atoms with Crippen LogP contribution >= 0.6 is 0 Å². The van der Waals surface area contributed by atoms with Crippen LogP contribution < -0.4 is 20.9 Å². The molecular formula is C22H23N5O4S. The van der Waals surface area contributed by atoms with Gasteiger partial charge in [0.2, 0.25) is 0 Å². The molecule has 3 rings (SSSR count). The Morgan fingerprint density at radius 3 is 2.25 bits per heavy atom. The molecule has 0 unspecified atom stereocenters. The predicted molar refractivity (Wildman–Crippen MR) is 122 cm³/mol. The maximum absolute atomic E-state index is 12.4. The Morgan fingerprint density at radius 1 is 0.906 bits per heavy atom. The van der Waals surface area contributed by atoms with Gasteiger partial charge in [-0.15, -0.1) is 0 Å². The molecule has 0 aliphatic rings. The number of aromatic nitrogens is 1. The molecule has 0 aliphatic carbocycles. The van der Waals surface area contributed by atoms with Gasteiger partial charge in [0.25, 0.3) is 21.8 Å². The van der Waals surface area contributed by atoms with Gasteiger partial charge in [0.05, 0.1) is 17.1 Å². The van der Waals surface area contributed by atoms with Gasteiger partial charge in [0.15, 0.2) is 0 Å². The average molecular weight is 454 g/mol. The van der Waals surface area contributed by atoms with Crippen molar-refractivity contribution >= 4 is 33.2 Å². The van der Waals surface area contributed by atoms with Crippen molar-refractivity contribution < 1.29 is 18.0 Å². The molecule has 4 N–H and O–H groups in total. The molecule has 1 heterocycles. The van der Waals surface area contributed by atoms with Gasteiger partial charge in [-0.05, 0) is 61.9 Å². The molecule has 0 fully saturated rings. The molecule has 2 amide bonds. The third-order valence-electron chi connectivity index (χ3n) is 4.50. The molecule has 2 aromatic carbocycles. The van der Waals surface area contributed by atoms with Crippen LogP contribution in [0.25, 0.3) is 0 Å². The molecule has 32 heavy (non-hydrogen) atoms. The smallest absolute Gasteiger partial charge is 0.269 e. The average Bonchev–Trinajstić information content (AvgIpc) is 2.77. The van der Waals surface area contributed by atoms with Crippen LogP contribution in [0.3, 0.4) is 0 Å². The summed E-state index contributed by atoms with van der Waals surface area (Å²) in [6.07, 6.45) is 2.94. The zero-order chi connectivity index (χ0) is 23.1. The van der Waals surface area contributed by atoms with Crippen LogP contribution in [-0.2, 0) is 14.8 Å². The number of carbonyl (C=O) groups excluding carboxylic acids is 2. The molecule has 166 valence electrons. The topological polar surface area (TPSA) is 129 Å². The number of rotatable bonds is 7. The maximum Gasteiger partial charge on any atom is 0.269 e. The zero-order valence-corrected chi connectivity index (χ0v) is 18.4. The van der Waals surface area contributed by atoms with Crippen molar-refractivity contribution in [1.82, 2.24) is 15.8 Å². The molecule has 3 aromatic rings. The molecule has 9 nitrogen and oxygen atoms in total. The second-order valence-electron chi connectivity index (χ2n) is 7.04. The number of nitrogens with one attached hydrogen (secondary N) is 4. The van der Waals surface area contributed by atoms with Crippen molar-refractivity contribution in [2.24, 2.45) is 0 Å². The quantitative estimate of drug-likeness (QED) is 0.407. The van der Waals surface area contributed by atoms with Gasteiger partial charge in [0, 0.05) is 23.6 Å². The first kappa shape index (κ1) is 22.8. The van der Waals surface area contributed by atoms with E-state index in [0.717, 1.165) is 16.8 Å². The van der Waals surface area contributed by atoms with Crippen molar-refractivity contribution in [2.75, 3.05) is 16.6 Å². The van der Waals surface area contributed by atoms with Crippen molar-refractivity contribution in [3.63, 3.8) is 0 Å². The van der Waals surface area contributed by atoms with E-state index < -0.39 is 21.8 Å². The maximum atomic E-state index is 12.4. The van der Waals surface area contributed by atoms with Gasteiger partial charge < -0.3 is 5.32 Å².